The average molecular weight is 388 g/mol. The van der Waals surface area contributed by atoms with Crippen molar-refractivity contribution in [1.82, 2.24) is 35.3 Å². The van der Waals surface area contributed by atoms with Gasteiger partial charge < -0.3 is 15.1 Å². The predicted octanol–water partition coefficient (Wildman–Crippen LogP) is 0.190. The summed E-state index contributed by atoms with van der Waals surface area (Å²) in [6.07, 6.45) is -0.0634. The molecule has 0 radical (unpaired) electrons. The first kappa shape index (κ1) is 18.7. The lowest BCUT2D eigenvalue weighted by molar-refractivity contribution is 0.128. The van der Waals surface area contributed by atoms with E-state index in [-0.39, 0.29) is 12.0 Å². The van der Waals surface area contributed by atoms with Gasteiger partial charge in [-0.25, -0.2) is 14.6 Å². The van der Waals surface area contributed by atoms with Crippen molar-refractivity contribution in [3.63, 3.8) is 0 Å². The summed E-state index contributed by atoms with van der Waals surface area (Å²) in [4.78, 5) is 12.7. The zero-order valence-electron chi connectivity index (χ0n) is 16.4. The maximum atomic E-state index is 10.2. The number of aromatic nitrogens is 7. The van der Waals surface area contributed by atoms with Gasteiger partial charge in [-0.15, -0.1) is 10.2 Å². The molecular weight excluding hydrogens is 364 g/mol. The van der Waals surface area contributed by atoms with E-state index < -0.39 is 12.1 Å². The average Bonchev–Trinajstić information content (AvgIpc) is 3.32. The van der Waals surface area contributed by atoms with Crippen LogP contribution in [-0.2, 0) is 12.0 Å². The summed E-state index contributed by atoms with van der Waals surface area (Å²) in [5.41, 5.74) is 1.99. The molecule has 1 fully saturated rings. The van der Waals surface area contributed by atoms with Crippen molar-refractivity contribution >= 4 is 17.0 Å². The highest BCUT2D eigenvalue weighted by Gasteiger charge is 2.36. The van der Waals surface area contributed by atoms with Crippen LogP contribution in [0, 0.1) is 6.92 Å². The Balaban J connectivity index is 1.83. The zero-order valence-corrected chi connectivity index (χ0v) is 16.4. The summed E-state index contributed by atoms with van der Waals surface area (Å²) in [5, 5.41) is 36.7. The molecule has 3 aromatic heterocycles. The normalized spacial score (nSPS) is 20.4. The zero-order chi connectivity index (χ0) is 20.1. The first-order valence-corrected chi connectivity index (χ1v) is 9.25. The highest BCUT2D eigenvalue weighted by atomic mass is 16.6. The van der Waals surface area contributed by atoms with Crippen molar-refractivity contribution in [2.24, 2.45) is 0 Å². The van der Waals surface area contributed by atoms with Crippen LogP contribution < -0.4 is 4.90 Å². The molecule has 0 aromatic carbocycles. The summed E-state index contributed by atoms with van der Waals surface area (Å²) in [5.74, 6) is 1.20. The molecular formula is C17H24N8O3. The molecule has 0 amide bonds. The third kappa shape index (κ3) is 3.20. The molecule has 0 aliphatic carbocycles. The van der Waals surface area contributed by atoms with Gasteiger partial charge in [-0.05, 0) is 13.3 Å². The Kier molecular flexibility index (Phi) is 4.50. The van der Waals surface area contributed by atoms with E-state index >= 15 is 0 Å². The van der Waals surface area contributed by atoms with Crippen LogP contribution in [0.4, 0.5) is 5.82 Å². The molecule has 11 nitrogen and oxygen atoms in total. The second kappa shape index (κ2) is 6.74. The molecule has 3 aromatic rings. The number of hydrogen-bond acceptors (Lipinski definition) is 10. The Bertz CT molecular complexity index is 992. The maximum absolute atomic E-state index is 10.2. The van der Waals surface area contributed by atoms with Crippen LogP contribution in [-0.4, -0.2) is 70.8 Å². The van der Waals surface area contributed by atoms with Crippen molar-refractivity contribution < 1.29 is 14.8 Å². The van der Waals surface area contributed by atoms with Gasteiger partial charge in [0, 0.05) is 12.0 Å². The van der Waals surface area contributed by atoms with E-state index in [1.165, 1.54) is 4.80 Å². The lowest BCUT2D eigenvalue weighted by atomic mass is 9.96. The van der Waals surface area contributed by atoms with E-state index in [2.05, 4.69) is 25.5 Å². The minimum Gasteiger partial charge on any atom is -0.394 e. The van der Waals surface area contributed by atoms with Gasteiger partial charge in [-0.2, -0.15) is 4.80 Å². The molecule has 0 spiro atoms. The van der Waals surface area contributed by atoms with E-state index in [9.17, 15) is 10.2 Å². The summed E-state index contributed by atoms with van der Waals surface area (Å²) in [6, 6.07) is -0.432. The van der Waals surface area contributed by atoms with Crippen molar-refractivity contribution in [3.8, 4) is 0 Å². The van der Waals surface area contributed by atoms with Gasteiger partial charge in [-0.3, -0.25) is 0 Å². The SMILES string of the molecule is Cc1nonc1Cn1nc2nc(C(C)(C)C)nc(N3CC[C@H](O)[C@@H]3CO)c2n1. The maximum Gasteiger partial charge on any atom is 0.207 e. The lowest BCUT2D eigenvalue weighted by Gasteiger charge is -2.27. The van der Waals surface area contributed by atoms with Crippen molar-refractivity contribution in [3.05, 3.63) is 17.2 Å². The summed E-state index contributed by atoms with van der Waals surface area (Å²) >= 11 is 0. The van der Waals surface area contributed by atoms with Crippen LogP contribution in [0.3, 0.4) is 0 Å². The Morgan fingerprint density at radius 1 is 1.18 bits per heavy atom. The van der Waals surface area contributed by atoms with Crippen molar-refractivity contribution in [1.29, 1.82) is 0 Å². The van der Waals surface area contributed by atoms with Crippen molar-refractivity contribution in [2.45, 2.75) is 58.2 Å². The minimum atomic E-state index is -0.619. The molecule has 4 rings (SSSR count). The Morgan fingerprint density at radius 2 is 1.96 bits per heavy atom. The lowest BCUT2D eigenvalue weighted by Crippen LogP contribution is -2.39. The standard InChI is InChI=1S/C17H24N8O3/c1-9-10(23-28-22-9)7-25-20-13-14(21-25)18-16(17(2,3)4)19-15(13)24-6-5-12(27)11(24)8-26/h11-12,26-27H,5-8H2,1-4H3/t11-,12-/m0/s1. The molecule has 2 N–H and O–H groups in total. The molecule has 4 heterocycles. The van der Waals surface area contributed by atoms with Crippen LogP contribution in [0.5, 0.6) is 0 Å². The van der Waals surface area contributed by atoms with Crippen LogP contribution in [0.25, 0.3) is 11.2 Å². The fourth-order valence-corrected chi connectivity index (χ4v) is 3.29. The number of nitrogens with zero attached hydrogens (tertiary/aromatic N) is 8. The second-order valence-corrected chi connectivity index (χ2v) is 8.12. The Labute approximate surface area is 161 Å². The number of aliphatic hydroxyl groups is 2. The van der Waals surface area contributed by atoms with Crippen LogP contribution >= 0.6 is 0 Å². The molecule has 0 unspecified atom stereocenters. The van der Waals surface area contributed by atoms with Gasteiger partial charge in [0.15, 0.2) is 11.3 Å². The van der Waals surface area contributed by atoms with E-state index in [1.807, 2.05) is 25.7 Å². The molecule has 150 valence electrons. The number of anilines is 1. The number of hydrogen-bond donors (Lipinski definition) is 2. The predicted molar refractivity (Wildman–Crippen MR) is 98.8 cm³/mol. The highest BCUT2D eigenvalue weighted by molar-refractivity contribution is 5.83. The molecule has 0 saturated carbocycles. The van der Waals surface area contributed by atoms with Gasteiger partial charge in [0.05, 0.1) is 18.8 Å². The molecule has 11 heteroatoms. The number of aliphatic hydroxyl groups excluding tert-OH is 2. The van der Waals surface area contributed by atoms with Gasteiger partial charge in [0.1, 0.15) is 23.8 Å². The molecule has 1 aliphatic heterocycles. The first-order chi connectivity index (χ1) is 13.3. The summed E-state index contributed by atoms with van der Waals surface area (Å²) in [7, 11) is 0. The van der Waals surface area contributed by atoms with Crippen LogP contribution in [0.1, 0.15) is 44.4 Å². The number of fused-ring (bicyclic) bond motifs is 1. The van der Waals surface area contributed by atoms with E-state index in [0.717, 1.165) is 0 Å². The van der Waals surface area contributed by atoms with Gasteiger partial charge in [0.25, 0.3) is 0 Å². The fourth-order valence-electron chi connectivity index (χ4n) is 3.29. The van der Waals surface area contributed by atoms with Gasteiger partial charge >= 0.3 is 0 Å². The number of aryl methyl sites for hydroxylation is 1. The quantitative estimate of drug-likeness (QED) is 0.636. The van der Waals surface area contributed by atoms with Crippen LogP contribution in [0.2, 0.25) is 0 Å². The van der Waals surface area contributed by atoms with Gasteiger partial charge in [-0.1, -0.05) is 31.1 Å². The van der Waals surface area contributed by atoms with Crippen LogP contribution in [0.15, 0.2) is 4.63 Å². The molecule has 1 saturated heterocycles. The Morgan fingerprint density at radius 3 is 2.61 bits per heavy atom. The number of rotatable bonds is 4. The summed E-state index contributed by atoms with van der Waals surface area (Å²) in [6.45, 7) is 8.56. The second-order valence-electron chi connectivity index (χ2n) is 8.12. The van der Waals surface area contributed by atoms with E-state index in [0.29, 0.717) is 53.7 Å². The van der Waals surface area contributed by atoms with Gasteiger partial charge in [0.2, 0.25) is 5.65 Å². The monoisotopic (exact) mass is 388 g/mol. The van der Waals surface area contributed by atoms with E-state index in [4.69, 9.17) is 9.61 Å². The van der Waals surface area contributed by atoms with E-state index in [1.54, 1.807) is 6.92 Å². The Hall–Kier alpha value is -2.66. The minimum absolute atomic E-state index is 0.171. The molecule has 1 aliphatic rings. The topological polar surface area (TPSA) is 139 Å². The third-order valence-electron chi connectivity index (χ3n) is 4.95. The largest absolute Gasteiger partial charge is 0.394 e. The van der Waals surface area contributed by atoms with Crippen molar-refractivity contribution in [2.75, 3.05) is 18.1 Å². The highest BCUT2D eigenvalue weighted by Crippen LogP contribution is 2.31. The first-order valence-electron chi connectivity index (χ1n) is 9.25. The fraction of sp³-hybridized carbons (Fsp3) is 0.647. The molecule has 0 bridgehead atoms. The molecule has 2 atom stereocenters. The smallest absolute Gasteiger partial charge is 0.207 e. The molecule has 28 heavy (non-hydrogen) atoms. The summed E-state index contributed by atoms with van der Waals surface area (Å²) < 4.78 is 4.74. The third-order valence-corrected chi connectivity index (χ3v) is 4.95.